The van der Waals surface area contributed by atoms with Crippen molar-refractivity contribution in [2.75, 3.05) is 0 Å². The van der Waals surface area contributed by atoms with Crippen molar-refractivity contribution in [2.24, 2.45) is 0 Å². The molecule has 0 saturated heterocycles. The Labute approximate surface area is 175 Å². The monoisotopic (exact) mass is 398 g/mol. The summed E-state index contributed by atoms with van der Waals surface area (Å²) >= 11 is 0. The van der Waals surface area contributed by atoms with Crippen molar-refractivity contribution >= 4 is 11.8 Å². The molecular formula is C24H22N4O2. The molecule has 2 heterocycles. The zero-order chi connectivity index (χ0) is 21.6. The van der Waals surface area contributed by atoms with Gasteiger partial charge in [-0.2, -0.15) is 10.5 Å². The molecule has 0 fully saturated rings. The first-order valence-corrected chi connectivity index (χ1v) is 10.0. The second-order valence-electron chi connectivity index (χ2n) is 8.29. The summed E-state index contributed by atoms with van der Waals surface area (Å²) in [5.41, 5.74) is 4.73. The minimum atomic E-state index is -0.0883. The van der Waals surface area contributed by atoms with Crippen LogP contribution in [0.5, 0.6) is 0 Å². The molecule has 1 atom stereocenters. The van der Waals surface area contributed by atoms with Gasteiger partial charge in [-0.15, -0.1) is 0 Å². The molecule has 2 aromatic carbocycles. The number of fused-ring (bicyclic) bond motifs is 2. The number of benzene rings is 2. The van der Waals surface area contributed by atoms with E-state index in [-0.39, 0.29) is 23.9 Å². The lowest BCUT2D eigenvalue weighted by Gasteiger charge is -2.24. The average Bonchev–Trinajstić information content (AvgIpc) is 3.24. The van der Waals surface area contributed by atoms with Crippen LogP contribution in [0.2, 0.25) is 0 Å². The molecule has 2 aliphatic rings. The third kappa shape index (κ3) is 3.11. The van der Waals surface area contributed by atoms with Gasteiger partial charge in [0, 0.05) is 30.7 Å². The van der Waals surface area contributed by atoms with E-state index >= 15 is 0 Å². The first kappa shape index (κ1) is 19.7. The summed E-state index contributed by atoms with van der Waals surface area (Å²) < 4.78 is 0. The molecule has 0 saturated carbocycles. The predicted molar refractivity (Wildman–Crippen MR) is 110 cm³/mol. The van der Waals surface area contributed by atoms with Gasteiger partial charge in [0.2, 0.25) is 0 Å². The Hall–Kier alpha value is -3.64. The van der Waals surface area contributed by atoms with Gasteiger partial charge in [0.1, 0.15) is 0 Å². The normalized spacial score (nSPS) is 15.8. The summed E-state index contributed by atoms with van der Waals surface area (Å²) in [5.74, 6) is -0.160. The molecule has 4 rings (SSSR count). The maximum atomic E-state index is 12.9. The van der Waals surface area contributed by atoms with Crippen LogP contribution >= 0.6 is 0 Å². The third-order valence-electron chi connectivity index (χ3n) is 5.97. The van der Waals surface area contributed by atoms with Crippen molar-refractivity contribution in [3.05, 3.63) is 69.3 Å². The number of nitrogens with zero attached hydrogens (tertiary/aromatic N) is 4. The van der Waals surface area contributed by atoms with E-state index in [2.05, 4.69) is 12.1 Å². The number of hydrogen-bond acceptors (Lipinski definition) is 4. The first-order valence-electron chi connectivity index (χ1n) is 10.0. The Kier molecular flexibility index (Phi) is 4.79. The van der Waals surface area contributed by atoms with Crippen LogP contribution in [-0.2, 0) is 19.5 Å². The van der Waals surface area contributed by atoms with Crippen molar-refractivity contribution in [3.63, 3.8) is 0 Å². The molecule has 0 aromatic heterocycles. The van der Waals surface area contributed by atoms with E-state index in [0.29, 0.717) is 41.8 Å². The number of carbonyl (C=O) groups is 2. The number of rotatable bonds is 4. The maximum Gasteiger partial charge on any atom is 0.256 e. The SMILES string of the molecule is CC(C)N1Cc2cc(CC(C)N3Cc4ccc(C#N)cc4C3=O)cc(C#N)c2C1=O. The lowest BCUT2D eigenvalue weighted by Crippen LogP contribution is -2.34. The van der Waals surface area contributed by atoms with Crippen LogP contribution in [0.25, 0.3) is 0 Å². The van der Waals surface area contributed by atoms with Gasteiger partial charge in [-0.05, 0) is 62.1 Å². The van der Waals surface area contributed by atoms with Gasteiger partial charge in [-0.3, -0.25) is 9.59 Å². The lowest BCUT2D eigenvalue weighted by molar-refractivity contribution is 0.0713. The second kappa shape index (κ2) is 7.31. The van der Waals surface area contributed by atoms with Gasteiger partial charge < -0.3 is 9.80 Å². The van der Waals surface area contributed by atoms with Crippen molar-refractivity contribution in [2.45, 2.75) is 52.4 Å². The second-order valence-corrected chi connectivity index (χ2v) is 8.29. The Morgan fingerprint density at radius 3 is 2.33 bits per heavy atom. The molecule has 0 N–H and O–H groups in total. The summed E-state index contributed by atoms with van der Waals surface area (Å²) in [7, 11) is 0. The van der Waals surface area contributed by atoms with Gasteiger partial charge in [0.15, 0.2) is 0 Å². The molecular weight excluding hydrogens is 376 g/mol. The van der Waals surface area contributed by atoms with E-state index in [9.17, 15) is 14.9 Å². The Balaban J connectivity index is 1.58. The van der Waals surface area contributed by atoms with Crippen LogP contribution in [0.4, 0.5) is 0 Å². The molecule has 0 bridgehead atoms. The van der Waals surface area contributed by atoms with E-state index in [1.165, 1.54) is 0 Å². The van der Waals surface area contributed by atoms with Crippen molar-refractivity contribution in [1.29, 1.82) is 10.5 Å². The standard InChI is InChI=1S/C24H22N4O2/c1-14(2)27-13-20-8-17(7-19(11-26)22(20)24(27)30)6-15(3)28-12-18-5-4-16(10-25)9-21(18)23(28)29/h4-5,7-9,14-15H,6,12-13H2,1-3H3. The quantitative estimate of drug-likeness (QED) is 0.790. The largest absolute Gasteiger partial charge is 0.332 e. The topological polar surface area (TPSA) is 88.2 Å². The van der Waals surface area contributed by atoms with Gasteiger partial charge in [-0.25, -0.2) is 0 Å². The number of amides is 2. The number of nitriles is 2. The Bertz CT molecular complexity index is 1150. The van der Waals surface area contributed by atoms with Gasteiger partial charge >= 0.3 is 0 Å². The van der Waals surface area contributed by atoms with Crippen LogP contribution in [0.15, 0.2) is 30.3 Å². The molecule has 2 amide bonds. The zero-order valence-electron chi connectivity index (χ0n) is 17.3. The predicted octanol–water partition coefficient (Wildman–Crippen LogP) is 3.38. The van der Waals surface area contributed by atoms with Crippen LogP contribution in [0.1, 0.15) is 69.3 Å². The molecule has 2 aliphatic heterocycles. The summed E-state index contributed by atoms with van der Waals surface area (Å²) in [6.07, 6.45) is 0.586. The summed E-state index contributed by atoms with van der Waals surface area (Å²) in [5, 5.41) is 18.7. The van der Waals surface area contributed by atoms with Crippen molar-refractivity contribution in [3.8, 4) is 12.1 Å². The third-order valence-corrected chi connectivity index (χ3v) is 5.97. The van der Waals surface area contributed by atoms with Crippen LogP contribution < -0.4 is 0 Å². The Morgan fingerprint density at radius 2 is 1.67 bits per heavy atom. The van der Waals surface area contributed by atoms with E-state index in [4.69, 9.17) is 5.26 Å². The summed E-state index contributed by atoms with van der Waals surface area (Å²) in [4.78, 5) is 29.1. The fourth-order valence-electron chi connectivity index (χ4n) is 4.37. The highest BCUT2D eigenvalue weighted by Crippen LogP contribution is 2.31. The number of carbonyl (C=O) groups excluding carboxylic acids is 2. The van der Waals surface area contributed by atoms with Gasteiger partial charge in [-0.1, -0.05) is 12.1 Å². The number of hydrogen-bond donors (Lipinski definition) is 0. The van der Waals surface area contributed by atoms with E-state index in [0.717, 1.165) is 16.7 Å². The summed E-state index contributed by atoms with van der Waals surface area (Å²) in [6.45, 7) is 6.94. The fourth-order valence-corrected chi connectivity index (χ4v) is 4.37. The van der Waals surface area contributed by atoms with Crippen LogP contribution in [-0.4, -0.2) is 33.7 Å². The molecule has 1 unspecified atom stereocenters. The minimum absolute atomic E-state index is 0.0674. The van der Waals surface area contributed by atoms with E-state index in [1.54, 1.807) is 28.0 Å². The fraction of sp³-hybridized carbons (Fsp3) is 0.333. The molecule has 6 heteroatoms. The molecule has 150 valence electrons. The van der Waals surface area contributed by atoms with E-state index in [1.807, 2.05) is 32.9 Å². The van der Waals surface area contributed by atoms with Gasteiger partial charge in [0.25, 0.3) is 11.8 Å². The van der Waals surface area contributed by atoms with E-state index < -0.39 is 0 Å². The zero-order valence-corrected chi connectivity index (χ0v) is 17.3. The molecule has 0 spiro atoms. The molecule has 0 aliphatic carbocycles. The smallest absolute Gasteiger partial charge is 0.256 e. The maximum absolute atomic E-state index is 12.9. The summed E-state index contributed by atoms with van der Waals surface area (Å²) in [6, 6.07) is 13.2. The van der Waals surface area contributed by atoms with Crippen molar-refractivity contribution < 1.29 is 9.59 Å². The lowest BCUT2D eigenvalue weighted by atomic mass is 9.96. The van der Waals surface area contributed by atoms with Crippen LogP contribution in [0, 0.1) is 22.7 Å². The average molecular weight is 398 g/mol. The van der Waals surface area contributed by atoms with Crippen LogP contribution in [0.3, 0.4) is 0 Å². The van der Waals surface area contributed by atoms with Gasteiger partial charge in [0.05, 0.1) is 28.8 Å². The highest BCUT2D eigenvalue weighted by Gasteiger charge is 2.34. The minimum Gasteiger partial charge on any atom is -0.332 e. The molecule has 30 heavy (non-hydrogen) atoms. The highest BCUT2D eigenvalue weighted by atomic mass is 16.2. The highest BCUT2D eigenvalue weighted by molar-refractivity contribution is 6.01. The molecule has 2 aromatic rings. The first-order chi connectivity index (χ1) is 14.3. The Morgan fingerprint density at radius 1 is 0.933 bits per heavy atom. The van der Waals surface area contributed by atoms with Crippen molar-refractivity contribution in [1.82, 2.24) is 9.80 Å². The molecule has 0 radical (unpaired) electrons. The molecule has 6 nitrogen and oxygen atoms in total.